The maximum absolute atomic E-state index is 7.18. The van der Waals surface area contributed by atoms with E-state index in [9.17, 15) is 0 Å². The molecule has 0 aromatic rings. The largest absolute Gasteiger partial charge is 0.314 e. The van der Waals surface area contributed by atoms with Crippen molar-refractivity contribution in [2.24, 2.45) is 5.73 Å². The lowest BCUT2D eigenvalue weighted by Crippen LogP contribution is -2.66. The number of hydrogen-bond donors (Lipinski definition) is 5. The van der Waals surface area contributed by atoms with Crippen LogP contribution in [0.5, 0.6) is 0 Å². The maximum Gasteiger partial charge on any atom is 0.0664 e. The lowest BCUT2D eigenvalue weighted by atomic mass is 9.78. The van der Waals surface area contributed by atoms with Crippen molar-refractivity contribution in [1.82, 2.24) is 21.3 Å². The van der Waals surface area contributed by atoms with Gasteiger partial charge in [0.15, 0.2) is 0 Å². The molecule has 0 aromatic carbocycles. The van der Waals surface area contributed by atoms with E-state index in [2.05, 4.69) is 83.6 Å². The topological polar surface area (TPSA) is 74.1 Å². The van der Waals surface area contributed by atoms with E-state index < -0.39 is 0 Å². The van der Waals surface area contributed by atoms with E-state index in [0.717, 1.165) is 32.2 Å². The van der Waals surface area contributed by atoms with Crippen molar-refractivity contribution in [1.29, 1.82) is 0 Å². The zero-order chi connectivity index (χ0) is 27.8. The molecule has 2 aliphatic heterocycles. The number of unbranched alkanes of at least 4 members (excludes halogenated alkanes) is 7. The molecule has 2 heterocycles. The van der Waals surface area contributed by atoms with Gasteiger partial charge in [-0.3, -0.25) is 5.32 Å². The average Bonchev–Trinajstić information content (AvgIpc) is 2.68. The molecule has 0 amide bonds. The van der Waals surface area contributed by atoms with E-state index in [1.54, 1.807) is 0 Å². The molecular weight excluding hydrogens is 454 g/mol. The first-order chi connectivity index (χ1) is 17.0. The van der Waals surface area contributed by atoms with Crippen molar-refractivity contribution >= 4 is 0 Å². The van der Waals surface area contributed by atoms with Crippen LogP contribution in [0.25, 0.3) is 0 Å². The van der Waals surface area contributed by atoms with Crippen LogP contribution in [0.15, 0.2) is 0 Å². The molecule has 0 spiro atoms. The van der Waals surface area contributed by atoms with E-state index in [1.165, 1.54) is 70.6 Å². The molecule has 6 N–H and O–H groups in total. The fourth-order valence-corrected chi connectivity index (χ4v) is 7.84. The Bertz CT molecular complexity index is 624. The van der Waals surface area contributed by atoms with Gasteiger partial charge in [0.25, 0.3) is 0 Å². The molecule has 0 aliphatic carbocycles. The second-order valence-electron chi connectivity index (χ2n) is 15.6. The smallest absolute Gasteiger partial charge is 0.0664 e. The lowest BCUT2D eigenvalue weighted by molar-refractivity contribution is 0.115. The minimum atomic E-state index is -0.241. The summed E-state index contributed by atoms with van der Waals surface area (Å²) in [5.41, 5.74) is 7.64. The number of rotatable bonds is 16. The first-order valence-corrected chi connectivity index (χ1v) is 15.9. The monoisotopic (exact) mass is 522 g/mol. The molecule has 0 radical (unpaired) electrons. The van der Waals surface area contributed by atoms with Gasteiger partial charge in [-0.1, -0.05) is 58.3 Å². The van der Waals surface area contributed by atoms with Crippen LogP contribution >= 0.6 is 0 Å². The van der Waals surface area contributed by atoms with Crippen LogP contribution in [0, 0.1) is 0 Å². The van der Waals surface area contributed by atoms with Gasteiger partial charge in [0.05, 0.1) is 5.66 Å². The molecule has 0 bridgehead atoms. The van der Waals surface area contributed by atoms with Gasteiger partial charge < -0.3 is 21.7 Å². The van der Waals surface area contributed by atoms with E-state index in [-0.39, 0.29) is 27.8 Å². The molecule has 2 fully saturated rings. The molecule has 2 aliphatic rings. The van der Waals surface area contributed by atoms with Crippen molar-refractivity contribution in [2.45, 2.75) is 199 Å². The van der Waals surface area contributed by atoms with E-state index in [0.29, 0.717) is 12.1 Å². The van der Waals surface area contributed by atoms with Crippen molar-refractivity contribution in [3.05, 3.63) is 0 Å². The fraction of sp³-hybridized carbons (Fsp3) is 1.00. The summed E-state index contributed by atoms with van der Waals surface area (Å²) in [4.78, 5) is 0. The van der Waals surface area contributed by atoms with Crippen LogP contribution in [0.4, 0.5) is 0 Å². The number of piperidine rings is 2. The Morgan fingerprint density at radius 3 is 1.51 bits per heavy atom. The van der Waals surface area contributed by atoms with Crippen LogP contribution in [0.3, 0.4) is 0 Å². The molecular formula is C32H67N5. The van der Waals surface area contributed by atoms with Crippen LogP contribution in [-0.4, -0.2) is 46.4 Å². The summed E-state index contributed by atoms with van der Waals surface area (Å²) >= 11 is 0. The summed E-state index contributed by atoms with van der Waals surface area (Å²) in [7, 11) is 0. The molecule has 220 valence electrons. The zero-order valence-corrected chi connectivity index (χ0v) is 26.5. The Labute approximate surface area is 232 Å². The van der Waals surface area contributed by atoms with Gasteiger partial charge in [0.1, 0.15) is 0 Å². The van der Waals surface area contributed by atoms with Gasteiger partial charge in [-0.05, 0) is 107 Å². The van der Waals surface area contributed by atoms with Crippen molar-refractivity contribution < 1.29 is 0 Å². The highest BCUT2D eigenvalue weighted by molar-refractivity contribution is 5.02. The van der Waals surface area contributed by atoms with Crippen LogP contribution in [0.2, 0.25) is 0 Å². The summed E-state index contributed by atoms with van der Waals surface area (Å²) < 4.78 is 0. The van der Waals surface area contributed by atoms with Crippen LogP contribution in [-0.2, 0) is 0 Å². The van der Waals surface area contributed by atoms with Crippen molar-refractivity contribution in [3.63, 3.8) is 0 Å². The second-order valence-corrected chi connectivity index (χ2v) is 15.6. The quantitative estimate of drug-likeness (QED) is 0.115. The minimum absolute atomic E-state index is 0.143. The van der Waals surface area contributed by atoms with Crippen molar-refractivity contribution in [2.75, 3.05) is 6.54 Å². The molecule has 1 unspecified atom stereocenters. The number of nitrogens with two attached hydrogens (primary N) is 1. The fourth-order valence-electron chi connectivity index (χ4n) is 7.84. The molecule has 5 heteroatoms. The Balaban J connectivity index is 1.82. The normalized spacial score (nSPS) is 25.1. The highest BCUT2D eigenvalue weighted by Gasteiger charge is 2.40. The number of hydrogen-bond acceptors (Lipinski definition) is 5. The molecule has 5 nitrogen and oxygen atoms in total. The Hall–Kier alpha value is -0.200. The highest BCUT2D eigenvalue weighted by Crippen LogP contribution is 2.31. The van der Waals surface area contributed by atoms with E-state index >= 15 is 0 Å². The van der Waals surface area contributed by atoms with Crippen molar-refractivity contribution in [3.8, 4) is 0 Å². The lowest BCUT2D eigenvalue weighted by Gasteiger charge is -2.49. The predicted octanol–water partition coefficient (Wildman–Crippen LogP) is 6.75. The number of nitrogens with one attached hydrogen (secondary N) is 4. The molecule has 0 saturated carbocycles. The predicted molar refractivity (Wildman–Crippen MR) is 163 cm³/mol. The molecule has 1 atom stereocenters. The summed E-state index contributed by atoms with van der Waals surface area (Å²) in [6, 6.07) is 1.09. The van der Waals surface area contributed by atoms with E-state index in [1.807, 2.05) is 0 Å². The Kier molecular flexibility index (Phi) is 12.4. The van der Waals surface area contributed by atoms with E-state index in [4.69, 9.17) is 5.73 Å². The molecule has 2 saturated heterocycles. The van der Waals surface area contributed by atoms with Gasteiger partial charge in [-0.2, -0.15) is 0 Å². The molecule has 2 rings (SSSR count). The Morgan fingerprint density at radius 1 is 0.622 bits per heavy atom. The summed E-state index contributed by atoms with van der Waals surface area (Å²) in [5, 5.41) is 15.5. The summed E-state index contributed by atoms with van der Waals surface area (Å²) in [5.74, 6) is 0. The van der Waals surface area contributed by atoms with Gasteiger partial charge in [0, 0.05) is 34.2 Å². The third-order valence-corrected chi connectivity index (χ3v) is 8.58. The highest BCUT2D eigenvalue weighted by atomic mass is 15.2. The van der Waals surface area contributed by atoms with Crippen LogP contribution < -0.4 is 27.0 Å². The second kappa shape index (κ2) is 13.9. The third-order valence-electron chi connectivity index (χ3n) is 8.58. The first kappa shape index (κ1) is 33.0. The van der Waals surface area contributed by atoms with Gasteiger partial charge in [-0.25, -0.2) is 0 Å². The summed E-state index contributed by atoms with van der Waals surface area (Å²) in [6.45, 7) is 22.1. The van der Waals surface area contributed by atoms with Crippen LogP contribution in [0.1, 0.15) is 159 Å². The SMILES string of the molecule is CCCCCCCCC(N)(CCCCCNC1CC(C)(C)NC(C)(C)C1)NC1CC(C)(C)NC(C)(C)C1. The molecule has 37 heavy (non-hydrogen) atoms. The standard InChI is InChI=1S/C32H67N5/c1-10-11-12-13-14-16-19-32(33,35-27-24-30(6,7)37-31(8,9)25-27)20-17-15-18-21-34-26-22-28(2,3)36-29(4,5)23-26/h26-27,34-37H,10-25,33H2,1-9H3. The maximum atomic E-state index is 7.18. The van der Waals surface area contributed by atoms with Gasteiger partial charge >= 0.3 is 0 Å². The zero-order valence-electron chi connectivity index (χ0n) is 26.5. The summed E-state index contributed by atoms with van der Waals surface area (Å²) in [6.07, 6.45) is 18.5. The molecule has 0 aromatic heterocycles. The van der Waals surface area contributed by atoms with Gasteiger partial charge in [0.2, 0.25) is 0 Å². The van der Waals surface area contributed by atoms with Gasteiger partial charge in [-0.15, -0.1) is 0 Å². The third kappa shape index (κ3) is 13.1. The first-order valence-electron chi connectivity index (χ1n) is 15.9. The minimum Gasteiger partial charge on any atom is -0.314 e. The average molecular weight is 522 g/mol. The Morgan fingerprint density at radius 2 is 1.03 bits per heavy atom.